The van der Waals surface area contributed by atoms with Crippen LogP contribution >= 0.6 is 0 Å². The van der Waals surface area contributed by atoms with Crippen LogP contribution in [0.25, 0.3) is 0 Å². The molecule has 1 aromatic carbocycles. The molecule has 0 unspecified atom stereocenters. The molecule has 0 heterocycles. The Morgan fingerprint density at radius 3 is 2.62 bits per heavy atom. The Morgan fingerprint density at radius 2 is 2.00 bits per heavy atom. The molecule has 114 valence electrons. The lowest BCUT2D eigenvalue weighted by atomic mass is 10.1. The topological polar surface area (TPSA) is 113 Å². The fraction of sp³-hybridized carbons (Fsp3) is 0.357. The summed E-state index contributed by atoms with van der Waals surface area (Å²) in [6.45, 7) is 4.12. The van der Waals surface area contributed by atoms with E-state index in [1.807, 2.05) is 6.92 Å². The number of nitrogens with two attached hydrogens (primary N) is 1. The molecule has 21 heavy (non-hydrogen) atoms. The maximum Gasteiger partial charge on any atom is 0.316 e. The second-order valence-electron chi connectivity index (χ2n) is 4.56. The van der Waals surface area contributed by atoms with Gasteiger partial charge >= 0.3 is 6.03 Å². The zero-order valence-electron chi connectivity index (χ0n) is 12.1. The van der Waals surface area contributed by atoms with Gasteiger partial charge in [-0.3, -0.25) is 9.59 Å². The third-order valence-electron chi connectivity index (χ3n) is 2.68. The summed E-state index contributed by atoms with van der Waals surface area (Å²) in [6.07, 6.45) is 0.827. The van der Waals surface area contributed by atoms with Crippen molar-refractivity contribution in [2.24, 2.45) is 5.73 Å². The lowest BCUT2D eigenvalue weighted by Gasteiger charge is -2.14. The minimum atomic E-state index is -0.708. The Hall–Kier alpha value is -2.57. The van der Waals surface area contributed by atoms with E-state index in [1.165, 1.54) is 6.07 Å². The Morgan fingerprint density at radius 1 is 1.29 bits per heavy atom. The van der Waals surface area contributed by atoms with Gasteiger partial charge in [-0.2, -0.15) is 0 Å². The molecule has 0 spiro atoms. The van der Waals surface area contributed by atoms with Crippen molar-refractivity contribution in [1.82, 2.24) is 10.6 Å². The van der Waals surface area contributed by atoms with Gasteiger partial charge < -0.3 is 21.7 Å². The standard InChI is InChI=1S/C14H20N4O3/c1-3-7-16-12(19)9(2)17-13(20)10-5-4-6-11(8-10)18-14(15)21/h4-6,8-9H,3,7H2,1-2H3,(H,16,19)(H,17,20)(H3,15,18,21)/t9-/m0/s1. The highest BCUT2D eigenvalue weighted by Gasteiger charge is 2.16. The van der Waals surface area contributed by atoms with Crippen LogP contribution in [-0.4, -0.2) is 30.4 Å². The maximum absolute atomic E-state index is 12.0. The number of carbonyl (C=O) groups is 3. The average Bonchev–Trinajstić information content (AvgIpc) is 2.44. The highest BCUT2D eigenvalue weighted by molar-refractivity contribution is 5.99. The van der Waals surface area contributed by atoms with Gasteiger partial charge in [0.05, 0.1) is 0 Å². The summed E-state index contributed by atoms with van der Waals surface area (Å²) in [6, 6.07) is 4.94. The Balaban J connectivity index is 2.66. The van der Waals surface area contributed by atoms with Crippen LogP contribution in [0.1, 0.15) is 30.6 Å². The molecule has 7 heteroatoms. The first-order valence-electron chi connectivity index (χ1n) is 6.69. The van der Waals surface area contributed by atoms with E-state index in [0.29, 0.717) is 17.8 Å². The summed E-state index contributed by atoms with van der Waals surface area (Å²) in [5, 5.41) is 7.67. The zero-order chi connectivity index (χ0) is 15.8. The molecule has 0 aliphatic heterocycles. The minimum absolute atomic E-state index is 0.239. The number of urea groups is 1. The van der Waals surface area contributed by atoms with Gasteiger partial charge in [0.15, 0.2) is 0 Å². The molecule has 1 rings (SSSR count). The lowest BCUT2D eigenvalue weighted by molar-refractivity contribution is -0.122. The number of primary amides is 1. The van der Waals surface area contributed by atoms with Crippen molar-refractivity contribution < 1.29 is 14.4 Å². The zero-order valence-corrected chi connectivity index (χ0v) is 12.1. The molecule has 1 atom stereocenters. The maximum atomic E-state index is 12.0. The Bertz CT molecular complexity index is 531. The molecular formula is C14H20N4O3. The van der Waals surface area contributed by atoms with E-state index in [-0.39, 0.29) is 5.91 Å². The van der Waals surface area contributed by atoms with E-state index in [0.717, 1.165) is 6.42 Å². The van der Waals surface area contributed by atoms with Crippen LogP contribution < -0.4 is 21.7 Å². The third kappa shape index (κ3) is 5.52. The van der Waals surface area contributed by atoms with Crippen molar-refractivity contribution in [2.45, 2.75) is 26.3 Å². The highest BCUT2D eigenvalue weighted by atomic mass is 16.2. The van der Waals surface area contributed by atoms with Crippen LogP contribution in [0.15, 0.2) is 24.3 Å². The molecule has 0 saturated heterocycles. The summed E-state index contributed by atoms with van der Waals surface area (Å²) >= 11 is 0. The quantitative estimate of drug-likeness (QED) is 0.622. The van der Waals surface area contributed by atoms with Gasteiger partial charge in [0, 0.05) is 17.8 Å². The third-order valence-corrected chi connectivity index (χ3v) is 2.68. The minimum Gasteiger partial charge on any atom is -0.354 e. The van der Waals surface area contributed by atoms with Crippen molar-refractivity contribution >= 4 is 23.5 Å². The van der Waals surface area contributed by atoms with Crippen molar-refractivity contribution in [3.8, 4) is 0 Å². The molecule has 5 N–H and O–H groups in total. The Kier molecular flexibility index (Phi) is 6.19. The molecule has 1 aromatic rings. The van der Waals surface area contributed by atoms with Gasteiger partial charge in [0.2, 0.25) is 5.91 Å². The molecule has 0 saturated carbocycles. The monoisotopic (exact) mass is 292 g/mol. The number of hydrogen-bond acceptors (Lipinski definition) is 3. The summed E-state index contributed by atoms with van der Waals surface area (Å²) in [4.78, 5) is 34.5. The molecule has 7 nitrogen and oxygen atoms in total. The van der Waals surface area contributed by atoms with Gasteiger partial charge in [-0.25, -0.2) is 4.79 Å². The summed E-state index contributed by atoms with van der Waals surface area (Å²) in [7, 11) is 0. The number of rotatable bonds is 6. The number of nitrogens with one attached hydrogen (secondary N) is 3. The number of benzene rings is 1. The van der Waals surface area contributed by atoms with E-state index in [2.05, 4.69) is 16.0 Å². The number of carbonyl (C=O) groups excluding carboxylic acids is 3. The number of anilines is 1. The van der Waals surface area contributed by atoms with Gasteiger partial charge in [-0.1, -0.05) is 13.0 Å². The van der Waals surface area contributed by atoms with E-state index in [9.17, 15) is 14.4 Å². The van der Waals surface area contributed by atoms with Crippen LogP contribution in [0.5, 0.6) is 0 Å². The van der Waals surface area contributed by atoms with Crippen LogP contribution in [0.3, 0.4) is 0 Å². The van der Waals surface area contributed by atoms with E-state index in [1.54, 1.807) is 25.1 Å². The van der Waals surface area contributed by atoms with Gasteiger partial charge in [-0.05, 0) is 31.5 Å². The molecule has 0 radical (unpaired) electrons. The van der Waals surface area contributed by atoms with Crippen molar-refractivity contribution in [3.63, 3.8) is 0 Å². The summed E-state index contributed by atoms with van der Waals surface area (Å²) < 4.78 is 0. The van der Waals surface area contributed by atoms with Gasteiger partial charge in [0.1, 0.15) is 6.04 Å². The fourth-order valence-corrected chi connectivity index (χ4v) is 1.63. The number of hydrogen-bond donors (Lipinski definition) is 4. The van der Waals surface area contributed by atoms with Crippen LogP contribution in [-0.2, 0) is 4.79 Å². The first-order valence-corrected chi connectivity index (χ1v) is 6.69. The molecule has 0 aromatic heterocycles. The van der Waals surface area contributed by atoms with Crippen LogP contribution in [0.2, 0.25) is 0 Å². The van der Waals surface area contributed by atoms with Gasteiger partial charge in [-0.15, -0.1) is 0 Å². The van der Waals surface area contributed by atoms with Crippen LogP contribution in [0.4, 0.5) is 10.5 Å². The van der Waals surface area contributed by atoms with Crippen LogP contribution in [0, 0.1) is 0 Å². The largest absolute Gasteiger partial charge is 0.354 e. The summed E-state index contributed by atoms with van der Waals surface area (Å²) in [5.41, 5.74) is 5.76. The molecule has 0 bridgehead atoms. The first kappa shape index (κ1) is 16.5. The second-order valence-corrected chi connectivity index (χ2v) is 4.56. The van der Waals surface area contributed by atoms with Crippen molar-refractivity contribution in [1.29, 1.82) is 0 Å². The molecule has 4 amide bonds. The SMILES string of the molecule is CCCNC(=O)[C@H](C)NC(=O)c1cccc(NC(N)=O)c1. The molecule has 0 aliphatic rings. The predicted molar refractivity (Wildman–Crippen MR) is 79.9 cm³/mol. The van der Waals surface area contributed by atoms with E-state index in [4.69, 9.17) is 5.73 Å². The van der Waals surface area contributed by atoms with Crippen molar-refractivity contribution in [2.75, 3.05) is 11.9 Å². The lowest BCUT2D eigenvalue weighted by Crippen LogP contribution is -2.45. The number of amides is 4. The Labute approximate surface area is 123 Å². The first-order chi connectivity index (χ1) is 9.93. The highest BCUT2D eigenvalue weighted by Crippen LogP contribution is 2.10. The smallest absolute Gasteiger partial charge is 0.316 e. The molecule has 0 aliphatic carbocycles. The van der Waals surface area contributed by atoms with Crippen molar-refractivity contribution in [3.05, 3.63) is 29.8 Å². The predicted octanol–water partition coefficient (Wildman–Crippen LogP) is 0.822. The van der Waals surface area contributed by atoms with E-state index >= 15 is 0 Å². The molecular weight excluding hydrogens is 272 g/mol. The van der Waals surface area contributed by atoms with E-state index < -0.39 is 18.0 Å². The second kappa shape index (κ2) is 7.88. The van der Waals surface area contributed by atoms with Gasteiger partial charge in [0.25, 0.3) is 5.91 Å². The molecule has 0 fully saturated rings. The normalized spacial score (nSPS) is 11.3. The summed E-state index contributed by atoms with van der Waals surface area (Å²) in [5.74, 6) is -0.640. The fourth-order valence-electron chi connectivity index (χ4n) is 1.63. The average molecular weight is 292 g/mol.